The maximum atomic E-state index is 13.6. The predicted octanol–water partition coefficient (Wildman–Crippen LogP) is 4.63. The molecule has 0 spiro atoms. The van der Waals surface area contributed by atoms with E-state index in [-0.39, 0.29) is 17.9 Å². The summed E-state index contributed by atoms with van der Waals surface area (Å²) in [5.74, 6) is 2.13. The number of ether oxygens (including phenoxy) is 4. The van der Waals surface area contributed by atoms with Gasteiger partial charge in [0.25, 0.3) is 0 Å². The number of benzene rings is 2. The highest BCUT2D eigenvalue weighted by molar-refractivity contribution is 5.92. The second-order valence-corrected chi connectivity index (χ2v) is 9.22. The molecule has 0 bridgehead atoms. The number of rotatable bonds is 7. The Morgan fingerprint density at radius 1 is 0.971 bits per heavy atom. The van der Waals surface area contributed by atoms with Gasteiger partial charge in [0, 0.05) is 24.1 Å². The fourth-order valence-electron chi connectivity index (χ4n) is 5.69. The molecule has 2 fully saturated rings. The van der Waals surface area contributed by atoms with Gasteiger partial charge in [-0.2, -0.15) is 0 Å². The Morgan fingerprint density at radius 3 is 2.31 bits per heavy atom. The highest BCUT2D eigenvalue weighted by Crippen LogP contribution is 2.51. The van der Waals surface area contributed by atoms with E-state index in [1.165, 1.54) is 0 Å². The number of aliphatic hydroxyl groups is 1. The Hall–Kier alpha value is -3.19. The molecule has 1 aliphatic carbocycles. The molecule has 1 aliphatic heterocycles. The molecule has 188 valence electrons. The number of piperidine rings is 1. The number of nitrogens with zero attached hydrogens (tertiary/aromatic N) is 1. The van der Waals surface area contributed by atoms with Gasteiger partial charge in [0.05, 0.1) is 40.1 Å². The lowest BCUT2D eigenvalue weighted by Gasteiger charge is -2.52. The van der Waals surface area contributed by atoms with Gasteiger partial charge >= 0.3 is 0 Å². The molecule has 7 nitrogen and oxygen atoms in total. The van der Waals surface area contributed by atoms with Crippen LogP contribution in [0.3, 0.4) is 0 Å². The van der Waals surface area contributed by atoms with Crippen LogP contribution in [0.15, 0.2) is 42.5 Å². The summed E-state index contributed by atoms with van der Waals surface area (Å²) in [6.07, 6.45) is 7.62. The van der Waals surface area contributed by atoms with Crippen LogP contribution in [0, 0.1) is 5.92 Å². The minimum Gasteiger partial charge on any atom is -0.496 e. The standard InChI is InChI=1S/C28H35NO6/c1-32-22-11-6-5-9-20(22)26-21-10-7-8-14-28(21,31)15-16-29(26)25(30)13-12-19-17-23(33-2)27(35-4)24(18-19)34-3/h5-6,9,11-13,17-18,21,26,31H,7-8,10,14-16H2,1-4H3/b13-12+/t21-,26-,28+/m0/s1. The Kier molecular flexibility index (Phi) is 7.55. The summed E-state index contributed by atoms with van der Waals surface area (Å²) in [5.41, 5.74) is 0.934. The van der Waals surface area contributed by atoms with Crippen molar-refractivity contribution in [3.05, 3.63) is 53.6 Å². The van der Waals surface area contributed by atoms with E-state index < -0.39 is 5.60 Å². The van der Waals surface area contributed by atoms with Crippen molar-refractivity contribution >= 4 is 12.0 Å². The molecule has 2 aromatic rings. The van der Waals surface area contributed by atoms with E-state index in [0.29, 0.717) is 30.2 Å². The summed E-state index contributed by atoms with van der Waals surface area (Å²) >= 11 is 0. The van der Waals surface area contributed by atoms with Gasteiger partial charge in [0.15, 0.2) is 11.5 Å². The van der Waals surface area contributed by atoms with Gasteiger partial charge in [-0.1, -0.05) is 31.0 Å². The van der Waals surface area contributed by atoms with Crippen LogP contribution in [0.1, 0.15) is 49.3 Å². The third kappa shape index (κ3) is 4.82. The zero-order valence-electron chi connectivity index (χ0n) is 21.0. The molecule has 1 heterocycles. The van der Waals surface area contributed by atoms with E-state index in [2.05, 4.69) is 0 Å². The smallest absolute Gasteiger partial charge is 0.247 e. The van der Waals surface area contributed by atoms with Gasteiger partial charge in [-0.3, -0.25) is 4.79 Å². The van der Waals surface area contributed by atoms with Gasteiger partial charge in [-0.15, -0.1) is 0 Å². The van der Waals surface area contributed by atoms with Gasteiger partial charge in [0.1, 0.15) is 5.75 Å². The number of para-hydroxylation sites is 1. The quantitative estimate of drug-likeness (QED) is 0.581. The van der Waals surface area contributed by atoms with Crippen molar-refractivity contribution < 1.29 is 28.8 Å². The highest BCUT2D eigenvalue weighted by Gasteiger charge is 2.50. The Balaban J connectivity index is 1.68. The molecule has 1 saturated heterocycles. The minimum absolute atomic E-state index is 0.0418. The van der Waals surface area contributed by atoms with E-state index in [1.807, 2.05) is 29.2 Å². The van der Waals surface area contributed by atoms with Crippen molar-refractivity contribution in [1.29, 1.82) is 0 Å². The average molecular weight is 482 g/mol. The zero-order valence-corrected chi connectivity index (χ0v) is 21.0. The molecular formula is C28H35NO6. The second-order valence-electron chi connectivity index (χ2n) is 9.22. The first kappa shape index (κ1) is 24.9. The molecule has 0 radical (unpaired) electrons. The summed E-state index contributed by atoms with van der Waals surface area (Å²) in [5, 5.41) is 11.5. The number of methoxy groups -OCH3 is 4. The van der Waals surface area contributed by atoms with E-state index in [1.54, 1.807) is 52.7 Å². The average Bonchev–Trinajstić information content (AvgIpc) is 2.89. The molecule has 0 unspecified atom stereocenters. The summed E-state index contributed by atoms with van der Waals surface area (Å²) in [4.78, 5) is 15.5. The largest absolute Gasteiger partial charge is 0.496 e. The molecule has 2 aliphatic rings. The molecule has 7 heteroatoms. The number of amides is 1. The van der Waals surface area contributed by atoms with E-state index in [0.717, 1.165) is 42.6 Å². The summed E-state index contributed by atoms with van der Waals surface area (Å²) in [6.45, 7) is 0.480. The predicted molar refractivity (Wildman–Crippen MR) is 134 cm³/mol. The molecule has 1 saturated carbocycles. The van der Waals surface area contributed by atoms with Crippen LogP contribution in [0.25, 0.3) is 6.08 Å². The van der Waals surface area contributed by atoms with Crippen molar-refractivity contribution in [2.45, 2.75) is 43.7 Å². The highest BCUT2D eigenvalue weighted by atomic mass is 16.5. The van der Waals surface area contributed by atoms with Crippen molar-refractivity contribution in [2.24, 2.45) is 5.92 Å². The lowest BCUT2D eigenvalue weighted by atomic mass is 9.66. The van der Waals surface area contributed by atoms with Crippen molar-refractivity contribution in [3.8, 4) is 23.0 Å². The Morgan fingerprint density at radius 2 is 1.66 bits per heavy atom. The summed E-state index contributed by atoms with van der Waals surface area (Å²) in [6, 6.07) is 11.2. The number of hydrogen-bond acceptors (Lipinski definition) is 6. The van der Waals surface area contributed by atoms with Crippen LogP contribution in [-0.4, -0.2) is 56.5 Å². The lowest BCUT2D eigenvalue weighted by Crippen LogP contribution is -2.56. The Bertz CT molecular complexity index is 1060. The first-order chi connectivity index (χ1) is 17.0. The number of hydrogen-bond donors (Lipinski definition) is 1. The van der Waals surface area contributed by atoms with Gasteiger partial charge < -0.3 is 29.0 Å². The molecule has 1 amide bonds. The fourth-order valence-corrected chi connectivity index (χ4v) is 5.69. The van der Waals surface area contributed by atoms with Crippen molar-refractivity contribution in [2.75, 3.05) is 35.0 Å². The normalized spacial score (nSPS) is 24.1. The van der Waals surface area contributed by atoms with Crippen LogP contribution in [0.5, 0.6) is 23.0 Å². The van der Waals surface area contributed by atoms with Crippen LogP contribution >= 0.6 is 0 Å². The first-order valence-electron chi connectivity index (χ1n) is 12.1. The van der Waals surface area contributed by atoms with Crippen molar-refractivity contribution in [1.82, 2.24) is 4.90 Å². The number of carbonyl (C=O) groups is 1. The summed E-state index contributed by atoms with van der Waals surface area (Å²) in [7, 11) is 6.32. The number of fused-ring (bicyclic) bond motifs is 1. The monoisotopic (exact) mass is 481 g/mol. The minimum atomic E-state index is -0.763. The first-order valence-corrected chi connectivity index (χ1v) is 12.1. The molecule has 2 aromatic carbocycles. The molecule has 0 aromatic heterocycles. The van der Waals surface area contributed by atoms with Crippen LogP contribution in [0.4, 0.5) is 0 Å². The number of carbonyl (C=O) groups excluding carboxylic acids is 1. The lowest BCUT2D eigenvalue weighted by molar-refractivity contribution is -0.151. The van der Waals surface area contributed by atoms with Crippen LogP contribution < -0.4 is 18.9 Å². The molecule has 1 N–H and O–H groups in total. The second kappa shape index (κ2) is 10.6. The maximum Gasteiger partial charge on any atom is 0.247 e. The third-order valence-corrected chi connectivity index (χ3v) is 7.41. The fraction of sp³-hybridized carbons (Fsp3) is 0.464. The zero-order chi connectivity index (χ0) is 25.0. The van der Waals surface area contributed by atoms with Gasteiger partial charge in [0.2, 0.25) is 11.7 Å². The summed E-state index contributed by atoms with van der Waals surface area (Å²) < 4.78 is 21.9. The number of likely N-dealkylation sites (tertiary alicyclic amines) is 1. The SMILES string of the molecule is COc1ccccc1[C@H]1[C@@H]2CCCC[C@@]2(O)CCN1C(=O)/C=C/c1cc(OC)c(OC)c(OC)c1. The molecular weight excluding hydrogens is 446 g/mol. The topological polar surface area (TPSA) is 77.5 Å². The van der Waals surface area contributed by atoms with Gasteiger partial charge in [-0.25, -0.2) is 0 Å². The molecule has 35 heavy (non-hydrogen) atoms. The molecule has 3 atom stereocenters. The van der Waals surface area contributed by atoms with Gasteiger partial charge in [-0.05, 0) is 49.1 Å². The van der Waals surface area contributed by atoms with E-state index in [9.17, 15) is 9.90 Å². The van der Waals surface area contributed by atoms with Crippen molar-refractivity contribution in [3.63, 3.8) is 0 Å². The van der Waals surface area contributed by atoms with E-state index >= 15 is 0 Å². The van der Waals surface area contributed by atoms with E-state index in [4.69, 9.17) is 18.9 Å². The van der Waals surface area contributed by atoms with Crippen LogP contribution in [0.2, 0.25) is 0 Å². The molecule has 4 rings (SSSR count). The third-order valence-electron chi connectivity index (χ3n) is 7.41. The van der Waals surface area contributed by atoms with Crippen LogP contribution in [-0.2, 0) is 4.79 Å². The Labute approximate surface area is 207 Å². The maximum absolute atomic E-state index is 13.6.